The predicted molar refractivity (Wildman–Crippen MR) is 126 cm³/mol. The van der Waals surface area contributed by atoms with E-state index in [0.29, 0.717) is 48.7 Å². The summed E-state index contributed by atoms with van der Waals surface area (Å²) in [6, 6.07) is 7.07. The number of aromatic nitrogens is 3. The molecule has 0 saturated carbocycles. The summed E-state index contributed by atoms with van der Waals surface area (Å²) in [5, 5.41) is 8.58. The van der Waals surface area contributed by atoms with Crippen LogP contribution in [0.3, 0.4) is 0 Å². The number of rotatable bonds is 8. The summed E-state index contributed by atoms with van der Waals surface area (Å²) in [7, 11) is 0. The van der Waals surface area contributed by atoms with Crippen molar-refractivity contribution in [3.05, 3.63) is 41.1 Å². The fourth-order valence-electron chi connectivity index (χ4n) is 3.95. The molecule has 1 atom stereocenters. The maximum Gasteiger partial charge on any atom is 0.260 e. The smallest absolute Gasteiger partial charge is 0.260 e. The summed E-state index contributed by atoms with van der Waals surface area (Å²) in [5.74, 6) is 2.07. The number of ketones is 1. The molecule has 2 aliphatic rings. The highest BCUT2D eigenvalue weighted by atomic mass is 32.2. The molecule has 1 N–H and O–H groups in total. The van der Waals surface area contributed by atoms with Crippen LogP contribution in [0.25, 0.3) is 0 Å². The van der Waals surface area contributed by atoms with Gasteiger partial charge in [0.1, 0.15) is 11.8 Å². The van der Waals surface area contributed by atoms with Gasteiger partial charge in [-0.05, 0) is 38.0 Å². The molecule has 1 saturated heterocycles. The minimum atomic E-state index is -0.383. The summed E-state index contributed by atoms with van der Waals surface area (Å²) >= 11 is 1.60. The topological polar surface area (TPSA) is 98.6 Å². The van der Waals surface area contributed by atoms with Crippen LogP contribution in [0.1, 0.15) is 38.8 Å². The van der Waals surface area contributed by atoms with Crippen molar-refractivity contribution in [3.8, 4) is 5.75 Å². The summed E-state index contributed by atoms with van der Waals surface area (Å²) in [4.78, 5) is 31.2. The Bertz CT molecular complexity index is 1040. The second-order valence-electron chi connectivity index (χ2n) is 7.98. The van der Waals surface area contributed by atoms with Gasteiger partial charge >= 0.3 is 0 Å². The Labute approximate surface area is 197 Å². The number of nitrogens with one attached hydrogen (secondary N) is 1. The van der Waals surface area contributed by atoms with E-state index in [1.54, 1.807) is 28.3 Å². The van der Waals surface area contributed by atoms with Crippen LogP contribution in [0, 0.1) is 0 Å². The number of carbonyl (C=O) groups excluding carboxylic acids is 2. The molecule has 1 aromatic carbocycles. The quantitative estimate of drug-likeness (QED) is 0.587. The molecule has 0 aliphatic carbocycles. The van der Waals surface area contributed by atoms with E-state index in [4.69, 9.17) is 9.47 Å². The lowest BCUT2D eigenvalue weighted by molar-refractivity contribution is -0.137. The molecule has 1 unspecified atom stereocenters. The molecular weight excluding hydrogens is 442 g/mol. The average Bonchev–Trinajstić information content (AvgIpc) is 3.23. The lowest BCUT2D eigenvalue weighted by atomic mass is 9.93. The summed E-state index contributed by atoms with van der Waals surface area (Å²) in [5.41, 5.74) is 2.32. The van der Waals surface area contributed by atoms with Gasteiger partial charge in [0.25, 0.3) is 5.91 Å². The Morgan fingerprint density at radius 3 is 2.64 bits per heavy atom. The Balaban J connectivity index is 1.53. The average molecular weight is 472 g/mol. The number of anilines is 1. The van der Waals surface area contributed by atoms with Crippen molar-refractivity contribution >= 4 is 29.4 Å². The second-order valence-corrected chi connectivity index (χ2v) is 9.05. The van der Waals surface area contributed by atoms with Gasteiger partial charge in [-0.15, -0.1) is 5.10 Å². The molecule has 1 fully saturated rings. The van der Waals surface area contributed by atoms with Crippen LogP contribution in [0.5, 0.6) is 5.75 Å². The van der Waals surface area contributed by atoms with E-state index in [2.05, 4.69) is 22.3 Å². The van der Waals surface area contributed by atoms with Crippen LogP contribution in [0.4, 0.5) is 5.95 Å². The third kappa shape index (κ3) is 5.22. The number of allylic oxidation sites excluding steroid dienone is 2. The lowest BCUT2D eigenvalue weighted by Crippen LogP contribution is -2.42. The van der Waals surface area contributed by atoms with Gasteiger partial charge < -0.3 is 19.7 Å². The van der Waals surface area contributed by atoms with Crippen molar-refractivity contribution in [2.24, 2.45) is 0 Å². The molecular formula is C23H29N5O4S. The van der Waals surface area contributed by atoms with Gasteiger partial charge in [0, 0.05) is 30.1 Å². The van der Waals surface area contributed by atoms with E-state index in [1.165, 1.54) is 0 Å². The number of thioether (sulfide) groups is 1. The number of Topliss-reactive ketones (excluding diaryl/α,β-unsaturated/α-hetero) is 1. The Hall–Kier alpha value is -2.85. The van der Waals surface area contributed by atoms with Crippen molar-refractivity contribution in [1.29, 1.82) is 0 Å². The molecule has 4 rings (SSSR count). The summed E-state index contributed by atoms with van der Waals surface area (Å²) in [6.45, 7) is 7.85. The first-order chi connectivity index (χ1) is 16.0. The van der Waals surface area contributed by atoms with Gasteiger partial charge in [0.05, 0.1) is 13.2 Å². The normalized spacial score (nSPS) is 18.0. The molecule has 10 heteroatoms. The molecule has 0 radical (unpaired) electrons. The molecule has 1 aromatic heterocycles. The summed E-state index contributed by atoms with van der Waals surface area (Å²) < 4.78 is 12.8. The molecule has 9 nitrogen and oxygen atoms in total. The number of morpholine rings is 1. The van der Waals surface area contributed by atoms with Gasteiger partial charge in [0.15, 0.2) is 12.4 Å². The molecule has 3 heterocycles. The Morgan fingerprint density at radius 2 is 1.97 bits per heavy atom. The largest absolute Gasteiger partial charge is 0.484 e. The van der Waals surface area contributed by atoms with E-state index in [-0.39, 0.29) is 24.3 Å². The molecule has 1 amide bonds. The first-order valence-electron chi connectivity index (χ1n) is 11.1. The van der Waals surface area contributed by atoms with Crippen LogP contribution in [0.2, 0.25) is 0 Å². The highest BCUT2D eigenvalue weighted by Crippen LogP contribution is 2.37. The molecule has 176 valence electrons. The van der Waals surface area contributed by atoms with Gasteiger partial charge in [-0.2, -0.15) is 4.98 Å². The van der Waals surface area contributed by atoms with E-state index < -0.39 is 0 Å². The minimum absolute atomic E-state index is 0.0182. The number of amides is 1. The SMILES string of the molecule is CCCSc1nc2n(n1)C(c1ccc(OCC(=O)N3CCOCC3)cc1)C(C(C)=O)=C(C)N2. The number of carbonyl (C=O) groups is 2. The van der Waals surface area contributed by atoms with Gasteiger partial charge in [-0.1, -0.05) is 30.8 Å². The number of fused-ring (bicyclic) bond motifs is 1. The highest BCUT2D eigenvalue weighted by Gasteiger charge is 2.32. The Morgan fingerprint density at radius 1 is 1.24 bits per heavy atom. The molecule has 2 aliphatic heterocycles. The fourth-order valence-corrected chi connectivity index (χ4v) is 4.63. The number of nitrogens with zero attached hydrogens (tertiary/aromatic N) is 4. The van der Waals surface area contributed by atoms with Crippen molar-refractivity contribution in [3.63, 3.8) is 0 Å². The minimum Gasteiger partial charge on any atom is -0.484 e. The first-order valence-corrected chi connectivity index (χ1v) is 12.1. The fraction of sp³-hybridized carbons (Fsp3) is 0.478. The molecule has 0 bridgehead atoms. The standard InChI is InChI=1S/C23H29N5O4S/c1-4-13-33-23-25-22-24-15(2)20(16(3)29)21(28(22)26-23)17-5-7-18(8-6-17)32-14-19(30)27-9-11-31-12-10-27/h5-8,21H,4,9-14H2,1-3H3,(H,24,25,26). The molecule has 2 aromatic rings. The zero-order valence-corrected chi connectivity index (χ0v) is 20.0. The zero-order chi connectivity index (χ0) is 23.4. The van der Waals surface area contributed by atoms with Crippen LogP contribution >= 0.6 is 11.8 Å². The second kappa shape index (κ2) is 10.4. The number of benzene rings is 1. The number of ether oxygens (including phenoxy) is 2. The molecule has 0 spiro atoms. The first kappa shape index (κ1) is 23.3. The highest BCUT2D eigenvalue weighted by molar-refractivity contribution is 7.99. The van der Waals surface area contributed by atoms with E-state index in [0.717, 1.165) is 23.4 Å². The number of hydrogen-bond acceptors (Lipinski definition) is 8. The third-order valence-corrected chi connectivity index (χ3v) is 6.61. The van der Waals surface area contributed by atoms with Crippen LogP contribution < -0.4 is 10.1 Å². The number of hydrogen-bond donors (Lipinski definition) is 1. The molecule has 33 heavy (non-hydrogen) atoms. The van der Waals surface area contributed by atoms with Gasteiger partial charge in [-0.3, -0.25) is 9.59 Å². The van der Waals surface area contributed by atoms with Gasteiger partial charge in [-0.25, -0.2) is 4.68 Å². The maximum atomic E-state index is 12.5. The monoisotopic (exact) mass is 471 g/mol. The van der Waals surface area contributed by atoms with Crippen molar-refractivity contribution in [1.82, 2.24) is 19.7 Å². The zero-order valence-electron chi connectivity index (χ0n) is 19.2. The summed E-state index contributed by atoms with van der Waals surface area (Å²) in [6.07, 6.45) is 1.02. The van der Waals surface area contributed by atoms with Gasteiger partial charge in [0.2, 0.25) is 11.1 Å². The third-order valence-electron chi connectivity index (χ3n) is 5.57. The van der Waals surface area contributed by atoms with E-state index in [1.807, 2.05) is 31.2 Å². The van der Waals surface area contributed by atoms with E-state index in [9.17, 15) is 9.59 Å². The Kier molecular flexibility index (Phi) is 7.34. The van der Waals surface area contributed by atoms with Crippen LogP contribution in [-0.2, 0) is 14.3 Å². The predicted octanol–water partition coefficient (Wildman–Crippen LogP) is 2.90. The maximum absolute atomic E-state index is 12.5. The van der Waals surface area contributed by atoms with Crippen molar-refractivity contribution in [2.75, 3.05) is 44.0 Å². The van der Waals surface area contributed by atoms with Crippen LogP contribution in [0.15, 0.2) is 40.7 Å². The van der Waals surface area contributed by atoms with Crippen LogP contribution in [-0.4, -0.2) is 70.0 Å². The lowest BCUT2D eigenvalue weighted by Gasteiger charge is -2.28. The van der Waals surface area contributed by atoms with Crippen molar-refractivity contribution < 1.29 is 19.1 Å². The van der Waals surface area contributed by atoms with E-state index >= 15 is 0 Å². The van der Waals surface area contributed by atoms with Crippen molar-refractivity contribution in [2.45, 2.75) is 38.4 Å².